The summed E-state index contributed by atoms with van der Waals surface area (Å²) in [6.07, 6.45) is 4.17. The molecule has 0 aliphatic heterocycles. The molecule has 0 spiro atoms. The van der Waals surface area contributed by atoms with Crippen LogP contribution < -0.4 is 0 Å². The number of carbonyl (C=O) groups excluding carboxylic acids is 1. The summed E-state index contributed by atoms with van der Waals surface area (Å²) in [6.45, 7) is 2.25. The SMILES string of the molecule is CCOC(=O)c1c2c(nc3ccccc13)CCCC2. The number of aryl methyl sites for hydroxylation is 1. The van der Waals surface area contributed by atoms with Crippen LogP contribution in [0.1, 0.15) is 41.4 Å². The first-order chi connectivity index (χ1) is 9.31. The highest BCUT2D eigenvalue weighted by molar-refractivity contribution is 6.05. The lowest BCUT2D eigenvalue weighted by molar-refractivity contribution is 0.0527. The lowest BCUT2D eigenvalue weighted by Gasteiger charge is -2.19. The number of benzene rings is 1. The highest BCUT2D eigenvalue weighted by atomic mass is 16.5. The van der Waals surface area contributed by atoms with Gasteiger partial charge in [0.2, 0.25) is 0 Å². The Bertz CT molecular complexity index is 634. The zero-order valence-electron chi connectivity index (χ0n) is 11.1. The molecular weight excluding hydrogens is 238 g/mol. The maximum Gasteiger partial charge on any atom is 0.339 e. The van der Waals surface area contributed by atoms with E-state index in [2.05, 4.69) is 0 Å². The third kappa shape index (κ3) is 2.09. The summed E-state index contributed by atoms with van der Waals surface area (Å²) >= 11 is 0. The number of fused-ring (bicyclic) bond motifs is 2. The number of hydrogen-bond acceptors (Lipinski definition) is 3. The number of ether oxygens (including phenoxy) is 1. The molecule has 1 heterocycles. The van der Waals surface area contributed by atoms with E-state index >= 15 is 0 Å². The highest BCUT2D eigenvalue weighted by Crippen LogP contribution is 2.29. The average molecular weight is 255 g/mol. The van der Waals surface area contributed by atoms with Crippen molar-refractivity contribution in [2.45, 2.75) is 32.6 Å². The summed E-state index contributed by atoms with van der Waals surface area (Å²) in [4.78, 5) is 17.0. The number of esters is 1. The largest absolute Gasteiger partial charge is 0.462 e. The minimum absolute atomic E-state index is 0.209. The van der Waals surface area contributed by atoms with Crippen molar-refractivity contribution in [1.82, 2.24) is 4.98 Å². The molecule has 0 radical (unpaired) electrons. The van der Waals surface area contributed by atoms with Gasteiger partial charge in [0.25, 0.3) is 0 Å². The Balaban J connectivity index is 2.27. The fourth-order valence-corrected chi connectivity index (χ4v) is 2.81. The molecule has 98 valence electrons. The molecule has 1 aliphatic rings. The van der Waals surface area contributed by atoms with Crippen molar-refractivity contribution in [1.29, 1.82) is 0 Å². The van der Waals surface area contributed by atoms with E-state index in [1.807, 2.05) is 31.2 Å². The number of pyridine rings is 1. The molecule has 0 amide bonds. The molecule has 0 atom stereocenters. The monoisotopic (exact) mass is 255 g/mol. The molecule has 1 aromatic heterocycles. The van der Waals surface area contributed by atoms with Gasteiger partial charge in [-0.15, -0.1) is 0 Å². The van der Waals surface area contributed by atoms with Crippen LogP contribution in [0.2, 0.25) is 0 Å². The summed E-state index contributed by atoms with van der Waals surface area (Å²) in [5, 5.41) is 0.918. The van der Waals surface area contributed by atoms with E-state index in [1.165, 1.54) is 0 Å². The van der Waals surface area contributed by atoms with Crippen LogP contribution in [0.4, 0.5) is 0 Å². The van der Waals surface area contributed by atoms with E-state index in [0.29, 0.717) is 6.61 Å². The first-order valence-electron chi connectivity index (χ1n) is 6.89. The zero-order valence-corrected chi connectivity index (χ0v) is 11.1. The first-order valence-corrected chi connectivity index (χ1v) is 6.89. The molecule has 1 aliphatic carbocycles. The van der Waals surface area contributed by atoms with Crippen LogP contribution in [-0.2, 0) is 17.6 Å². The Morgan fingerprint density at radius 3 is 2.89 bits per heavy atom. The summed E-state index contributed by atoms with van der Waals surface area (Å²) in [5.41, 5.74) is 3.81. The number of nitrogens with zero attached hydrogens (tertiary/aromatic N) is 1. The van der Waals surface area contributed by atoms with Crippen LogP contribution in [-0.4, -0.2) is 17.6 Å². The lowest BCUT2D eigenvalue weighted by atomic mass is 9.90. The standard InChI is InChI=1S/C16H17NO2/c1-2-19-16(18)15-11-7-3-5-9-13(11)17-14-10-6-4-8-12(14)15/h3,5,7,9H,2,4,6,8,10H2,1H3. The molecule has 3 nitrogen and oxygen atoms in total. The minimum atomic E-state index is -0.209. The molecule has 0 saturated heterocycles. The van der Waals surface area contributed by atoms with Crippen molar-refractivity contribution < 1.29 is 9.53 Å². The molecule has 0 N–H and O–H groups in total. The van der Waals surface area contributed by atoms with E-state index in [1.54, 1.807) is 0 Å². The van der Waals surface area contributed by atoms with Crippen LogP contribution >= 0.6 is 0 Å². The molecule has 1 aromatic carbocycles. The van der Waals surface area contributed by atoms with Gasteiger partial charge in [0.05, 0.1) is 17.7 Å². The van der Waals surface area contributed by atoms with Crippen molar-refractivity contribution in [3.05, 3.63) is 41.1 Å². The number of para-hydroxylation sites is 1. The molecule has 3 heteroatoms. The van der Waals surface area contributed by atoms with Gasteiger partial charge in [-0.3, -0.25) is 4.98 Å². The number of carbonyl (C=O) groups is 1. The fourth-order valence-electron chi connectivity index (χ4n) is 2.81. The summed E-state index contributed by atoms with van der Waals surface area (Å²) in [5.74, 6) is -0.209. The second-order valence-corrected chi connectivity index (χ2v) is 4.86. The van der Waals surface area contributed by atoms with Crippen LogP contribution in [0.25, 0.3) is 10.9 Å². The maximum atomic E-state index is 12.3. The van der Waals surface area contributed by atoms with E-state index < -0.39 is 0 Å². The Morgan fingerprint density at radius 1 is 1.26 bits per heavy atom. The third-order valence-electron chi connectivity index (χ3n) is 3.65. The van der Waals surface area contributed by atoms with Gasteiger partial charge in [-0.2, -0.15) is 0 Å². The number of hydrogen-bond donors (Lipinski definition) is 0. The van der Waals surface area contributed by atoms with E-state index in [4.69, 9.17) is 9.72 Å². The normalized spacial score (nSPS) is 14.2. The molecule has 0 unspecified atom stereocenters. The summed E-state index contributed by atoms with van der Waals surface area (Å²) in [6, 6.07) is 7.83. The maximum absolute atomic E-state index is 12.3. The van der Waals surface area contributed by atoms with Gasteiger partial charge >= 0.3 is 5.97 Å². The molecule has 0 saturated carbocycles. The van der Waals surface area contributed by atoms with Gasteiger partial charge in [0.1, 0.15) is 0 Å². The minimum Gasteiger partial charge on any atom is -0.462 e. The topological polar surface area (TPSA) is 39.2 Å². The molecule has 19 heavy (non-hydrogen) atoms. The Kier molecular flexibility index (Phi) is 3.20. The van der Waals surface area contributed by atoms with Gasteiger partial charge in [-0.25, -0.2) is 4.79 Å². The fraction of sp³-hybridized carbons (Fsp3) is 0.375. The second-order valence-electron chi connectivity index (χ2n) is 4.86. The van der Waals surface area contributed by atoms with Gasteiger partial charge in [0.15, 0.2) is 0 Å². The van der Waals surface area contributed by atoms with E-state index in [-0.39, 0.29) is 5.97 Å². The molecule has 3 rings (SSSR count). The first kappa shape index (κ1) is 12.2. The molecule has 0 fully saturated rings. The molecular formula is C16H17NO2. The molecule has 2 aromatic rings. The number of aromatic nitrogens is 1. The van der Waals surface area contributed by atoms with Crippen molar-refractivity contribution in [2.75, 3.05) is 6.61 Å². The van der Waals surface area contributed by atoms with E-state index in [0.717, 1.165) is 53.4 Å². The van der Waals surface area contributed by atoms with Gasteiger partial charge in [-0.05, 0) is 44.2 Å². The predicted molar refractivity (Wildman–Crippen MR) is 74.3 cm³/mol. The van der Waals surface area contributed by atoms with Gasteiger partial charge < -0.3 is 4.74 Å². The quantitative estimate of drug-likeness (QED) is 0.773. The van der Waals surface area contributed by atoms with Crippen molar-refractivity contribution in [3.8, 4) is 0 Å². The highest BCUT2D eigenvalue weighted by Gasteiger charge is 2.23. The Hall–Kier alpha value is -1.90. The summed E-state index contributed by atoms with van der Waals surface area (Å²) in [7, 11) is 0. The zero-order chi connectivity index (χ0) is 13.2. The number of rotatable bonds is 2. The van der Waals surface area contributed by atoms with Crippen molar-refractivity contribution in [3.63, 3.8) is 0 Å². The van der Waals surface area contributed by atoms with Crippen molar-refractivity contribution >= 4 is 16.9 Å². The van der Waals surface area contributed by atoms with Gasteiger partial charge in [-0.1, -0.05) is 18.2 Å². The lowest BCUT2D eigenvalue weighted by Crippen LogP contribution is -2.15. The predicted octanol–water partition coefficient (Wildman–Crippen LogP) is 3.29. The third-order valence-corrected chi connectivity index (χ3v) is 3.65. The van der Waals surface area contributed by atoms with Crippen molar-refractivity contribution in [2.24, 2.45) is 0 Å². The van der Waals surface area contributed by atoms with Crippen LogP contribution in [0, 0.1) is 0 Å². The van der Waals surface area contributed by atoms with Crippen LogP contribution in [0.3, 0.4) is 0 Å². The summed E-state index contributed by atoms with van der Waals surface area (Å²) < 4.78 is 5.24. The van der Waals surface area contributed by atoms with Crippen LogP contribution in [0.5, 0.6) is 0 Å². The van der Waals surface area contributed by atoms with Crippen LogP contribution in [0.15, 0.2) is 24.3 Å². The van der Waals surface area contributed by atoms with Gasteiger partial charge in [0, 0.05) is 11.1 Å². The Morgan fingerprint density at radius 2 is 2.05 bits per heavy atom. The Labute approximate surface area is 112 Å². The molecule has 0 bridgehead atoms. The van der Waals surface area contributed by atoms with E-state index in [9.17, 15) is 4.79 Å². The second kappa shape index (κ2) is 5.00. The average Bonchev–Trinajstić information content (AvgIpc) is 2.44. The smallest absolute Gasteiger partial charge is 0.339 e.